The van der Waals surface area contributed by atoms with Gasteiger partial charge in [-0.1, -0.05) is 69.3 Å². The lowest BCUT2D eigenvalue weighted by molar-refractivity contribution is 0.175. The molecule has 4 nitrogen and oxygen atoms in total. The van der Waals surface area contributed by atoms with Crippen LogP contribution in [0.4, 0.5) is 0 Å². The molecule has 3 aromatic rings. The second kappa shape index (κ2) is 12.6. The smallest absolute Gasteiger partial charge is 0.148 e. The van der Waals surface area contributed by atoms with Gasteiger partial charge in [0.25, 0.3) is 0 Å². The summed E-state index contributed by atoms with van der Waals surface area (Å²) in [6.07, 6.45) is 12.5. The topological polar surface area (TPSA) is 30.3 Å². The van der Waals surface area contributed by atoms with Gasteiger partial charge < -0.3 is 14.2 Å². The number of hydrogen-bond donors (Lipinski definition) is 0. The summed E-state index contributed by atoms with van der Waals surface area (Å²) in [5.41, 5.74) is 4.75. The van der Waals surface area contributed by atoms with E-state index in [4.69, 9.17) is 21.3 Å². The summed E-state index contributed by atoms with van der Waals surface area (Å²) < 4.78 is 8.45. The Morgan fingerprint density at radius 1 is 1.03 bits per heavy atom. The molecule has 0 radical (unpaired) electrons. The van der Waals surface area contributed by atoms with Gasteiger partial charge >= 0.3 is 0 Å². The predicted molar refractivity (Wildman–Crippen MR) is 159 cm³/mol. The molecule has 0 N–H and O–H groups in total. The Labute approximate surface area is 234 Å². The molecular weight excluding hydrogens is 490 g/mol. The number of aromatic nitrogens is 2. The first-order valence-corrected chi connectivity index (χ1v) is 15.1. The molecule has 204 valence electrons. The second-order valence-corrected chi connectivity index (χ2v) is 12.2. The maximum atomic E-state index is 6.10. The van der Waals surface area contributed by atoms with Crippen molar-refractivity contribution in [3.05, 3.63) is 71.2 Å². The van der Waals surface area contributed by atoms with Crippen molar-refractivity contribution in [2.24, 2.45) is 17.8 Å². The van der Waals surface area contributed by atoms with Gasteiger partial charge in [-0.25, -0.2) is 4.98 Å². The summed E-state index contributed by atoms with van der Waals surface area (Å²) in [6, 6.07) is 14.0. The van der Waals surface area contributed by atoms with Crippen molar-refractivity contribution >= 4 is 22.6 Å². The molecule has 5 heteroatoms. The minimum absolute atomic E-state index is 0.428. The van der Waals surface area contributed by atoms with Crippen LogP contribution in [0.3, 0.4) is 0 Å². The third-order valence-electron chi connectivity index (χ3n) is 9.01. The first-order valence-electron chi connectivity index (χ1n) is 14.7. The quantitative estimate of drug-likeness (QED) is 0.261. The molecule has 1 aliphatic heterocycles. The van der Waals surface area contributed by atoms with Crippen molar-refractivity contribution in [3.63, 3.8) is 0 Å². The Balaban J connectivity index is 1.19. The number of nitrogens with zero attached hydrogens (tertiary/aromatic N) is 3. The van der Waals surface area contributed by atoms with Crippen LogP contribution in [0.15, 0.2) is 54.7 Å². The van der Waals surface area contributed by atoms with E-state index in [1.807, 2.05) is 24.3 Å². The average molecular weight is 534 g/mol. The van der Waals surface area contributed by atoms with Gasteiger partial charge in [-0.15, -0.1) is 0 Å². The van der Waals surface area contributed by atoms with Crippen LogP contribution < -0.4 is 4.74 Å². The van der Waals surface area contributed by atoms with Crippen LogP contribution in [0.2, 0.25) is 5.02 Å². The van der Waals surface area contributed by atoms with Gasteiger partial charge in [-0.2, -0.15) is 0 Å². The van der Waals surface area contributed by atoms with Gasteiger partial charge in [0, 0.05) is 30.4 Å². The SMILES string of the molecule is C=C(C(C)CCn1c(COc2ccc(Cl)cc2)nc2c(C)cccc21)N1CCC(CC2CCCCC2)CC1. The van der Waals surface area contributed by atoms with E-state index >= 15 is 0 Å². The van der Waals surface area contributed by atoms with Crippen LogP contribution in [0.5, 0.6) is 5.75 Å². The molecule has 0 amide bonds. The fourth-order valence-corrected chi connectivity index (χ4v) is 6.65. The highest BCUT2D eigenvalue weighted by Crippen LogP contribution is 2.34. The van der Waals surface area contributed by atoms with Crippen molar-refractivity contribution in [2.45, 2.75) is 84.8 Å². The number of likely N-dealkylation sites (tertiary alicyclic amines) is 1. The zero-order valence-corrected chi connectivity index (χ0v) is 24.1. The number of hydrogen-bond acceptors (Lipinski definition) is 3. The van der Waals surface area contributed by atoms with Crippen molar-refractivity contribution in [2.75, 3.05) is 13.1 Å². The third-order valence-corrected chi connectivity index (χ3v) is 9.26. The lowest BCUT2D eigenvalue weighted by Gasteiger charge is -2.38. The monoisotopic (exact) mass is 533 g/mol. The van der Waals surface area contributed by atoms with Gasteiger partial charge in [0.2, 0.25) is 0 Å². The molecule has 0 bridgehead atoms. The first kappa shape index (κ1) is 27.1. The number of fused-ring (bicyclic) bond motifs is 1. The van der Waals surface area contributed by atoms with E-state index < -0.39 is 0 Å². The fraction of sp³-hybridized carbons (Fsp3) is 0.545. The number of allylic oxidation sites excluding steroid dienone is 1. The summed E-state index contributed by atoms with van der Waals surface area (Å²) in [5, 5.41) is 0.711. The Morgan fingerprint density at radius 2 is 1.74 bits per heavy atom. The van der Waals surface area contributed by atoms with Crippen LogP contribution in [0.1, 0.15) is 76.1 Å². The van der Waals surface area contributed by atoms with Crippen LogP contribution in [0.25, 0.3) is 11.0 Å². The maximum Gasteiger partial charge on any atom is 0.148 e. The van der Waals surface area contributed by atoms with E-state index in [2.05, 4.69) is 48.1 Å². The number of rotatable bonds is 10. The number of halogens is 1. The predicted octanol–water partition coefficient (Wildman–Crippen LogP) is 8.80. The first-order chi connectivity index (χ1) is 18.5. The molecular formula is C33H44ClN3O. The molecule has 2 heterocycles. The second-order valence-electron chi connectivity index (χ2n) is 11.7. The summed E-state index contributed by atoms with van der Waals surface area (Å²) in [4.78, 5) is 7.56. The number of piperidine rings is 1. The van der Waals surface area contributed by atoms with Gasteiger partial charge in [-0.3, -0.25) is 0 Å². The molecule has 38 heavy (non-hydrogen) atoms. The normalized spacial score (nSPS) is 18.1. The van der Waals surface area contributed by atoms with Crippen LogP contribution in [0, 0.1) is 24.7 Å². The van der Waals surface area contributed by atoms with Crippen LogP contribution in [-0.2, 0) is 13.2 Å². The number of benzene rings is 2. The van der Waals surface area contributed by atoms with E-state index in [1.54, 1.807) is 0 Å². The molecule has 1 saturated carbocycles. The van der Waals surface area contributed by atoms with E-state index in [9.17, 15) is 0 Å². The highest BCUT2D eigenvalue weighted by Gasteiger charge is 2.25. The molecule has 1 aliphatic carbocycles. The van der Waals surface area contributed by atoms with Crippen molar-refractivity contribution in [3.8, 4) is 5.75 Å². The summed E-state index contributed by atoms with van der Waals surface area (Å²) in [5.74, 6) is 4.11. The summed E-state index contributed by atoms with van der Waals surface area (Å²) in [7, 11) is 0. The molecule has 2 fully saturated rings. The van der Waals surface area contributed by atoms with Gasteiger partial charge in [0.05, 0.1) is 11.0 Å². The number of aryl methyl sites for hydroxylation is 2. The van der Waals surface area contributed by atoms with Gasteiger partial charge in [0.15, 0.2) is 0 Å². The summed E-state index contributed by atoms with van der Waals surface area (Å²) >= 11 is 6.04. The van der Waals surface area contributed by atoms with Crippen molar-refractivity contribution in [1.29, 1.82) is 0 Å². The van der Waals surface area contributed by atoms with Crippen LogP contribution >= 0.6 is 11.6 Å². The number of imidazole rings is 1. The highest BCUT2D eigenvalue weighted by molar-refractivity contribution is 6.30. The van der Waals surface area contributed by atoms with Crippen molar-refractivity contribution < 1.29 is 4.74 Å². The zero-order valence-electron chi connectivity index (χ0n) is 23.3. The minimum atomic E-state index is 0.428. The average Bonchev–Trinajstić information content (AvgIpc) is 3.30. The standard InChI is InChI=1S/C33H44ClN3O/c1-24(26(3)36-19-17-28(18-20-36)22-27-9-5-4-6-10-27)16-21-37-31-11-7-8-25(2)33(31)35-32(37)23-38-30-14-12-29(34)13-15-30/h7-8,11-15,24,27-28H,3-6,9-10,16-23H2,1-2H3. The Bertz CT molecular complexity index is 1200. The molecule has 5 rings (SSSR count). The Kier molecular flexibility index (Phi) is 8.99. The van der Waals surface area contributed by atoms with Gasteiger partial charge in [0.1, 0.15) is 18.2 Å². The number of para-hydroxylation sites is 1. The highest BCUT2D eigenvalue weighted by atomic mass is 35.5. The van der Waals surface area contributed by atoms with Crippen LogP contribution in [-0.4, -0.2) is 27.5 Å². The molecule has 1 saturated heterocycles. The summed E-state index contributed by atoms with van der Waals surface area (Å²) in [6.45, 7) is 12.7. The van der Waals surface area contributed by atoms with E-state index in [1.165, 1.54) is 81.2 Å². The lowest BCUT2D eigenvalue weighted by Crippen LogP contribution is -2.35. The zero-order chi connectivity index (χ0) is 26.5. The number of ether oxygens (including phenoxy) is 1. The van der Waals surface area contributed by atoms with E-state index in [0.717, 1.165) is 41.9 Å². The molecule has 1 aromatic heterocycles. The molecule has 1 atom stereocenters. The molecule has 1 unspecified atom stereocenters. The largest absolute Gasteiger partial charge is 0.486 e. The Morgan fingerprint density at radius 3 is 2.47 bits per heavy atom. The fourth-order valence-electron chi connectivity index (χ4n) is 6.52. The molecule has 2 aliphatic rings. The van der Waals surface area contributed by atoms with Crippen molar-refractivity contribution in [1.82, 2.24) is 14.5 Å². The lowest BCUT2D eigenvalue weighted by atomic mass is 9.79. The third kappa shape index (κ3) is 6.57. The molecule has 0 spiro atoms. The van der Waals surface area contributed by atoms with E-state index in [-0.39, 0.29) is 0 Å². The Hall–Kier alpha value is -2.46. The minimum Gasteiger partial charge on any atom is -0.486 e. The molecule has 2 aromatic carbocycles. The maximum absolute atomic E-state index is 6.10. The van der Waals surface area contributed by atoms with E-state index in [0.29, 0.717) is 17.5 Å². The van der Waals surface area contributed by atoms with Gasteiger partial charge in [-0.05, 0) is 86.3 Å².